The Hall–Kier alpha value is -1.29. The molecule has 0 unspecified atom stereocenters. The normalized spacial score (nSPS) is 10.3. The lowest BCUT2D eigenvalue weighted by Gasteiger charge is -2.19. The fourth-order valence-electron chi connectivity index (χ4n) is 1.80. The predicted octanol–water partition coefficient (Wildman–Crippen LogP) is 3.28. The molecule has 0 saturated carbocycles. The Kier molecular flexibility index (Phi) is 7.26. The molecule has 0 radical (unpaired) electrons. The van der Waals surface area contributed by atoms with Crippen molar-refractivity contribution < 1.29 is 4.79 Å². The Bertz CT molecular complexity index is 377. The zero-order chi connectivity index (χ0) is 14.1. The molecule has 1 rings (SSSR count). The summed E-state index contributed by atoms with van der Waals surface area (Å²) in [7, 11) is 0. The van der Waals surface area contributed by atoms with Crippen molar-refractivity contribution in [3.63, 3.8) is 0 Å². The van der Waals surface area contributed by atoms with E-state index in [1.54, 1.807) is 6.20 Å². The Morgan fingerprint density at radius 1 is 1.32 bits per heavy atom. The summed E-state index contributed by atoms with van der Waals surface area (Å²) in [6.07, 6.45) is 3.89. The van der Waals surface area contributed by atoms with Crippen molar-refractivity contribution >= 4 is 29.0 Å². The number of halogens is 1. The zero-order valence-corrected chi connectivity index (χ0v) is 12.4. The molecule has 19 heavy (non-hydrogen) atoms. The smallest absolute Gasteiger partial charge is 0.224 e. The lowest BCUT2D eigenvalue weighted by atomic mass is 10.2. The van der Waals surface area contributed by atoms with Gasteiger partial charge < -0.3 is 10.2 Å². The SMILES string of the molecule is CCN(CC)c1ccc(NC(=O)CCCCCl)cn1. The number of pyridine rings is 1. The summed E-state index contributed by atoms with van der Waals surface area (Å²) in [5, 5.41) is 2.84. The van der Waals surface area contributed by atoms with E-state index >= 15 is 0 Å². The Morgan fingerprint density at radius 3 is 2.58 bits per heavy atom. The molecule has 0 aliphatic carbocycles. The first-order valence-electron chi connectivity index (χ1n) is 6.78. The maximum atomic E-state index is 11.6. The molecule has 106 valence electrons. The molecule has 1 heterocycles. The first kappa shape index (κ1) is 15.8. The Balaban J connectivity index is 2.50. The molecule has 0 fully saturated rings. The van der Waals surface area contributed by atoms with Crippen LogP contribution < -0.4 is 10.2 Å². The van der Waals surface area contributed by atoms with Gasteiger partial charge in [0.2, 0.25) is 5.91 Å². The van der Waals surface area contributed by atoms with Crippen molar-refractivity contribution in [2.75, 3.05) is 29.2 Å². The highest BCUT2D eigenvalue weighted by Gasteiger charge is 2.05. The van der Waals surface area contributed by atoms with Crippen LogP contribution in [0.1, 0.15) is 33.1 Å². The lowest BCUT2D eigenvalue weighted by Crippen LogP contribution is -2.22. The Labute approximate surface area is 120 Å². The summed E-state index contributed by atoms with van der Waals surface area (Å²) in [6, 6.07) is 3.82. The summed E-state index contributed by atoms with van der Waals surface area (Å²) in [5.41, 5.74) is 0.742. The van der Waals surface area contributed by atoms with E-state index in [0.29, 0.717) is 12.3 Å². The molecule has 4 nitrogen and oxygen atoms in total. The molecule has 0 saturated heterocycles. The molecular formula is C14H22ClN3O. The van der Waals surface area contributed by atoms with Gasteiger partial charge >= 0.3 is 0 Å². The van der Waals surface area contributed by atoms with E-state index in [9.17, 15) is 4.79 Å². The number of aromatic nitrogens is 1. The standard InChI is InChI=1S/C14H22ClN3O/c1-3-18(4-2)13-9-8-12(11-16-13)17-14(19)7-5-6-10-15/h8-9,11H,3-7,10H2,1-2H3,(H,17,19). The van der Waals surface area contributed by atoms with Crippen LogP contribution in [0.2, 0.25) is 0 Å². The van der Waals surface area contributed by atoms with E-state index in [0.717, 1.165) is 37.4 Å². The molecule has 0 aliphatic heterocycles. The minimum atomic E-state index is 0.0162. The second-order valence-corrected chi connectivity index (χ2v) is 4.65. The third kappa shape index (κ3) is 5.47. The van der Waals surface area contributed by atoms with Crippen LogP contribution in [0, 0.1) is 0 Å². The molecular weight excluding hydrogens is 262 g/mol. The van der Waals surface area contributed by atoms with Gasteiger partial charge in [-0.3, -0.25) is 4.79 Å². The second-order valence-electron chi connectivity index (χ2n) is 4.27. The van der Waals surface area contributed by atoms with Crippen molar-refractivity contribution in [1.29, 1.82) is 0 Å². The van der Waals surface area contributed by atoms with Gasteiger partial charge in [0.1, 0.15) is 5.82 Å². The number of unbranched alkanes of at least 4 members (excludes halogenated alkanes) is 1. The van der Waals surface area contributed by atoms with Crippen LogP contribution in [-0.2, 0) is 4.79 Å². The van der Waals surface area contributed by atoms with Crippen LogP contribution in [-0.4, -0.2) is 29.9 Å². The van der Waals surface area contributed by atoms with E-state index in [-0.39, 0.29) is 5.91 Å². The second kappa shape index (κ2) is 8.75. The highest BCUT2D eigenvalue weighted by Crippen LogP contribution is 2.14. The van der Waals surface area contributed by atoms with Crippen molar-refractivity contribution in [3.05, 3.63) is 18.3 Å². The Morgan fingerprint density at radius 2 is 2.05 bits per heavy atom. The molecule has 0 atom stereocenters. The summed E-state index contributed by atoms with van der Waals surface area (Å²) in [5.74, 6) is 1.56. The third-order valence-corrected chi connectivity index (χ3v) is 3.17. The molecule has 1 aromatic rings. The van der Waals surface area contributed by atoms with Crippen LogP contribution in [0.25, 0.3) is 0 Å². The number of hydrogen-bond acceptors (Lipinski definition) is 3. The third-order valence-electron chi connectivity index (χ3n) is 2.91. The van der Waals surface area contributed by atoms with Crippen LogP contribution >= 0.6 is 11.6 Å². The molecule has 1 N–H and O–H groups in total. The highest BCUT2D eigenvalue weighted by atomic mass is 35.5. The summed E-state index contributed by atoms with van der Waals surface area (Å²) < 4.78 is 0. The van der Waals surface area contributed by atoms with Crippen molar-refractivity contribution in [3.8, 4) is 0 Å². The number of amides is 1. The number of nitrogens with zero attached hydrogens (tertiary/aromatic N) is 2. The number of carbonyl (C=O) groups excluding carboxylic acids is 1. The molecule has 0 spiro atoms. The van der Waals surface area contributed by atoms with E-state index in [1.165, 1.54) is 0 Å². The molecule has 1 amide bonds. The van der Waals surface area contributed by atoms with Gasteiger partial charge in [0, 0.05) is 25.4 Å². The van der Waals surface area contributed by atoms with Gasteiger partial charge in [-0.25, -0.2) is 4.98 Å². The number of carbonyl (C=O) groups is 1. The monoisotopic (exact) mass is 283 g/mol. The number of alkyl halides is 1. The van der Waals surface area contributed by atoms with Gasteiger partial charge in [0.05, 0.1) is 11.9 Å². The molecule has 5 heteroatoms. The zero-order valence-electron chi connectivity index (χ0n) is 11.7. The van der Waals surface area contributed by atoms with E-state index in [4.69, 9.17) is 11.6 Å². The van der Waals surface area contributed by atoms with Crippen molar-refractivity contribution in [1.82, 2.24) is 4.98 Å². The van der Waals surface area contributed by atoms with Gasteiger partial charge in [0.25, 0.3) is 0 Å². The molecule has 1 aromatic heterocycles. The van der Waals surface area contributed by atoms with E-state index in [2.05, 4.69) is 29.0 Å². The number of hydrogen-bond donors (Lipinski definition) is 1. The minimum absolute atomic E-state index is 0.0162. The van der Waals surface area contributed by atoms with Gasteiger partial charge in [-0.1, -0.05) is 0 Å². The average molecular weight is 284 g/mol. The first-order chi connectivity index (χ1) is 9.21. The van der Waals surface area contributed by atoms with Gasteiger partial charge in [-0.05, 0) is 38.8 Å². The minimum Gasteiger partial charge on any atom is -0.357 e. The topological polar surface area (TPSA) is 45.2 Å². The fourth-order valence-corrected chi connectivity index (χ4v) is 1.99. The molecule has 0 aliphatic rings. The van der Waals surface area contributed by atoms with Gasteiger partial charge in [0.15, 0.2) is 0 Å². The summed E-state index contributed by atoms with van der Waals surface area (Å²) >= 11 is 5.57. The first-order valence-corrected chi connectivity index (χ1v) is 7.31. The maximum absolute atomic E-state index is 11.6. The van der Waals surface area contributed by atoms with E-state index < -0.39 is 0 Å². The van der Waals surface area contributed by atoms with E-state index in [1.807, 2.05) is 12.1 Å². The predicted molar refractivity (Wildman–Crippen MR) is 81.0 cm³/mol. The largest absolute Gasteiger partial charge is 0.357 e. The van der Waals surface area contributed by atoms with Gasteiger partial charge in [-0.15, -0.1) is 11.6 Å². The number of anilines is 2. The molecule has 0 bridgehead atoms. The summed E-state index contributed by atoms with van der Waals surface area (Å²) in [4.78, 5) is 18.1. The lowest BCUT2D eigenvalue weighted by molar-refractivity contribution is -0.116. The summed E-state index contributed by atoms with van der Waals surface area (Å²) in [6.45, 7) is 6.04. The fraction of sp³-hybridized carbons (Fsp3) is 0.571. The van der Waals surface area contributed by atoms with Crippen LogP contribution in [0.15, 0.2) is 18.3 Å². The quantitative estimate of drug-likeness (QED) is 0.588. The van der Waals surface area contributed by atoms with Crippen LogP contribution in [0.5, 0.6) is 0 Å². The van der Waals surface area contributed by atoms with Crippen molar-refractivity contribution in [2.24, 2.45) is 0 Å². The van der Waals surface area contributed by atoms with Crippen LogP contribution in [0.3, 0.4) is 0 Å². The number of rotatable bonds is 8. The number of nitrogens with one attached hydrogen (secondary N) is 1. The maximum Gasteiger partial charge on any atom is 0.224 e. The van der Waals surface area contributed by atoms with Crippen LogP contribution in [0.4, 0.5) is 11.5 Å². The highest BCUT2D eigenvalue weighted by molar-refractivity contribution is 6.17. The van der Waals surface area contributed by atoms with Gasteiger partial charge in [-0.2, -0.15) is 0 Å². The molecule has 0 aromatic carbocycles. The average Bonchev–Trinajstić information content (AvgIpc) is 2.42. The van der Waals surface area contributed by atoms with Crippen molar-refractivity contribution in [2.45, 2.75) is 33.1 Å².